The SMILES string of the molecule is COc1ccccc1CCNC(=O)Cc1ccc(N2CCC(N3CC4CCC3C4)CC2)cc1. The lowest BCUT2D eigenvalue weighted by Crippen LogP contribution is -2.47. The molecule has 33 heavy (non-hydrogen) atoms. The molecule has 3 fully saturated rings. The smallest absolute Gasteiger partial charge is 0.224 e. The first-order valence-electron chi connectivity index (χ1n) is 12.7. The summed E-state index contributed by atoms with van der Waals surface area (Å²) in [5, 5.41) is 3.04. The molecule has 1 amide bonds. The van der Waals surface area contributed by atoms with Gasteiger partial charge in [-0.1, -0.05) is 30.3 Å². The van der Waals surface area contributed by atoms with E-state index in [2.05, 4.69) is 39.4 Å². The lowest BCUT2D eigenvalue weighted by atomic mass is 9.99. The van der Waals surface area contributed by atoms with Crippen LogP contribution in [0.4, 0.5) is 5.69 Å². The van der Waals surface area contributed by atoms with E-state index in [1.165, 1.54) is 44.3 Å². The molecule has 0 radical (unpaired) electrons. The van der Waals surface area contributed by atoms with Gasteiger partial charge in [0.05, 0.1) is 13.5 Å². The molecule has 2 aromatic carbocycles. The number of fused-ring (bicyclic) bond motifs is 2. The maximum absolute atomic E-state index is 12.4. The van der Waals surface area contributed by atoms with Crippen molar-refractivity contribution in [3.63, 3.8) is 0 Å². The molecule has 2 atom stereocenters. The minimum Gasteiger partial charge on any atom is -0.496 e. The van der Waals surface area contributed by atoms with Gasteiger partial charge in [-0.3, -0.25) is 9.69 Å². The molecule has 2 saturated heterocycles. The third-order valence-corrected chi connectivity index (χ3v) is 7.96. The normalized spacial score (nSPS) is 23.1. The summed E-state index contributed by atoms with van der Waals surface area (Å²) in [5.74, 6) is 1.93. The highest BCUT2D eigenvalue weighted by atomic mass is 16.5. The Morgan fingerprint density at radius 1 is 1.00 bits per heavy atom. The van der Waals surface area contributed by atoms with Crippen LogP contribution in [0.5, 0.6) is 5.75 Å². The van der Waals surface area contributed by atoms with Crippen molar-refractivity contribution in [1.82, 2.24) is 10.2 Å². The van der Waals surface area contributed by atoms with Gasteiger partial charge >= 0.3 is 0 Å². The maximum Gasteiger partial charge on any atom is 0.224 e. The van der Waals surface area contributed by atoms with Crippen LogP contribution in [0.2, 0.25) is 0 Å². The molecule has 2 bridgehead atoms. The molecule has 2 aromatic rings. The van der Waals surface area contributed by atoms with E-state index in [4.69, 9.17) is 4.74 Å². The van der Waals surface area contributed by atoms with Crippen molar-refractivity contribution in [2.24, 2.45) is 5.92 Å². The van der Waals surface area contributed by atoms with Gasteiger partial charge in [0.25, 0.3) is 0 Å². The molecule has 0 aromatic heterocycles. The third kappa shape index (κ3) is 5.19. The third-order valence-electron chi connectivity index (χ3n) is 7.96. The summed E-state index contributed by atoms with van der Waals surface area (Å²) in [4.78, 5) is 17.8. The average Bonchev–Trinajstić information content (AvgIpc) is 3.49. The molecule has 5 rings (SSSR count). The summed E-state index contributed by atoms with van der Waals surface area (Å²) in [5.41, 5.74) is 3.47. The van der Waals surface area contributed by atoms with Crippen LogP contribution in [0, 0.1) is 5.92 Å². The monoisotopic (exact) mass is 447 g/mol. The second-order valence-corrected chi connectivity index (χ2v) is 10.0. The predicted molar refractivity (Wildman–Crippen MR) is 133 cm³/mol. The number of rotatable bonds is 8. The standard InChI is InChI=1S/C28H37N3O2/c1-33-27-5-3-2-4-23(27)12-15-29-28(32)19-21-6-9-24(10-7-21)30-16-13-25(14-17-30)31-20-22-8-11-26(31)18-22/h2-7,9-10,22,25-26H,8,11-20H2,1H3,(H,29,32). The first kappa shape index (κ1) is 22.3. The number of amides is 1. The lowest BCUT2D eigenvalue weighted by Gasteiger charge is -2.41. The molecule has 5 heteroatoms. The van der Waals surface area contributed by atoms with Crippen LogP contribution in [0.15, 0.2) is 48.5 Å². The fourth-order valence-electron chi connectivity index (χ4n) is 6.18. The Morgan fingerprint density at radius 3 is 2.48 bits per heavy atom. The number of ether oxygens (including phenoxy) is 1. The summed E-state index contributed by atoms with van der Waals surface area (Å²) in [6.45, 7) is 4.25. The molecule has 1 saturated carbocycles. The number of carbonyl (C=O) groups excluding carboxylic acids is 1. The van der Waals surface area contributed by atoms with Crippen LogP contribution in [-0.2, 0) is 17.6 Å². The first-order valence-corrected chi connectivity index (χ1v) is 12.7. The van der Waals surface area contributed by atoms with Crippen molar-refractivity contribution in [3.05, 3.63) is 59.7 Å². The van der Waals surface area contributed by atoms with Gasteiger partial charge in [-0.15, -0.1) is 0 Å². The molecule has 1 N–H and O–H groups in total. The highest BCUT2D eigenvalue weighted by molar-refractivity contribution is 5.78. The number of hydrogen-bond donors (Lipinski definition) is 1. The van der Waals surface area contributed by atoms with Crippen LogP contribution in [0.3, 0.4) is 0 Å². The summed E-state index contributed by atoms with van der Waals surface area (Å²) < 4.78 is 5.38. The van der Waals surface area contributed by atoms with E-state index in [0.29, 0.717) is 13.0 Å². The Balaban J connectivity index is 1.06. The number of hydrogen-bond acceptors (Lipinski definition) is 4. The maximum atomic E-state index is 12.4. The van der Waals surface area contributed by atoms with Crippen LogP contribution in [0.25, 0.3) is 0 Å². The number of anilines is 1. The van der Waals surface area contributed by atoms with Gasteiger partial charge in [-0.2, -0.15) is 0 Å². The topological polar surface area (TPSA) is 44.8 Å². The molecule has 2 aliphatic heterocycles. The molecule has 2 heterocycles. The molecule has 2 unspecified atom stereocenters. The average molecular weight is 448 g/mol. The van der Waals surface area contributed by atoms with Gasteiger partial charge in [0.2, 0.25) is 5.91 Å². The summed E-state index contributed by atoms with van der Waals surface area (Å²) in [7, 11) is 1.68. The van der Waals surface area contributed by atoms with E-state index in [-0.39, 0.29) is 5.91 Å². The molecular weight excluding hydrogens is 410 g/mol. The number of likely N-dealkylation sites (tertiary alicyclic amines) is 1. The molecule has 3 aliphatic rings. The van der Waals surface area contributed by atoms with Gasteiger partial charge in [-0.05, 0) is 73.8 Å². The Labute approximate surface area is 198 Å². The number of nitrogens with zero attached hydrogens (tertiary/aromatic N) is 2. The van der Waals surface area contributed by atoms with Crippen molar-refractivity contribution < 1.29 is 9.53 Å². The van der Waals surface area contributed by atoms with E-state index in [0.717, 1.165) is 54.4 Å². The summed E-state index contributed by atoms with van der Waals surface area (Å²) >= 11 is 0. The Hall–Kier alpha value is -2.53. The zero-order chi connectivity index (χ0) is 22.6. The van der Waals surface area contributed by atoms with E-state index in [1.807, 2.05) is 24.3 Å². The number of nitrogens with one attached hydrogen (secondary N) is 1. The lowest BCUT2D eigenvalue weighted by molar-refractivity contribution is -0.120. The van der Waals surface area contributed by atoms with Crippen molar-refractivity contribution in [2.75, 3.05) is 38.2 Å². The number of benzene rings is 2. The zero-order valence-electron chi connectivity index (χ0n) is 19.8. The zero-order valence-corrected chi connectivity index (χ0v) is 19.8. The van der Waals surface area contributed by atoms with Crippen LogP contribution in [0.1, 0.15) is 43.2 Å². The predicted octanol–water partition coefficient (Wildman–Crippen LogP) is 4.05. The van der Waals surface area contributed by atoms with E-state index < -0.39 is 0 Å². The Morgan fingerprint density at radius 2 is 1.79 bits per heavy atom. The number of carbonyl (C=O) groups is 1. The van der Waals surface area contributed by atoms with Crippen LogP contribution < -0.4 is 15.0 Å². The van der Waals surface area contributed by atoms with Gasteiger partial charge in [0.1, 0.15) is 5.75 Å². The fourth-order valence-corrected chi connectivity index (χ4v) is 6.18. The summed E-state index contributed by atoms with van der Waals surface area (Å²) in [6, 6.07) is 18.2. The number of methoxy groups -OCH3 is 1. The highest BCUT2D eigenvalue weighted by Crippen LogP contribution is 2.40. The van der Waals surface area contributed by atoms with E-state index in [1.54, 1.807) is 7.11 Å². The molecule has 0 spiro atoms. The van der Waals surface area contributed by atoms with Crippen molar-refractivity contribution in [1.29, 1.82) is 0 Å². The molecule has 176 valence electrons. The molecular formula is C28H37N3O2. The van der Waals surface area contributed by atoms with Gasteiger partial charge in [-0.25, -0.2) is 0 Å². The number of piperidine rings is 2. The number of para-hydroxylation sites is 1. The molecule has 1 aliphatic carbocycles. The van der Waals surface area contributed by atoms with Gasteiger partial charge < -0.3 is 15.0 Å². The minimum absolute atomic E-state index is 0.0679. The molecule has 5 nitrogen and oxygen atoms in total. The Bertz CT molecular complexity index is 936. The quantitative estimate of drug-likeness (QED) is 0.663. The summed E-state index contributed by atoms with van der Waals surface area (Å²) in [6.07, 6.45) is 8.09. The first-order chi connectivity index (χ1) is 16.2. The van der Waals surface area contributed by atoms with Crippen molar-refractivity contribution >= 4 is 11.6 Å². The second-order valence-electron chi connectivity index (χ2n) is 10.0. The minimum atomic E-state index is 0.0679. The van der Waals surface area contributed by atoms with Gasteiger partial charge in [0, 0.05) is 44.0 Å². The van der Waals surface area contributed by atoms with Crippen molar-refractivity contribution in [2.45, 2.75) is 57.0 Å². The van der Waals surface area contributed by atoms with Crippen molar-refractivity contribution in [3.8, 4) is 5.75 Å². The van der Waals surface area contributed by atoms with E-state index >= 15 is 0 Å². The van der Waals surface area contributed by atoms with Crippen LogP contribution in [-0.4, -0.2) is 56.2 Å². The fraction of sp³-hybridized carbons (Fsp3) is 0.536. The highest BCUT2D eigenvalue weighted by Gasteiger charge is 2.41. The largest absolute Gasteiger partial charge is 0.496 e. The Kier molecular flexibility index (Phi) is 6.86. The van der Waals surface area contributed by atoms with E-state index in [9.17, 15) is 4.79 Å². The van der Waals surface area contributed by atoms with Crippen LogP contribution >= 0.6 is 0 Å². The van der Waals surface area contributed by atoms with Gasteiger partial charge in [0.15, 0.2) is 0 Å². The second kappa shape index (κ2) is 10.2.